The minimum Gasteiger partial charge on any atom is -0.444 e. The van der Waals surface area contributed by atoms with Gasteiger partial charge in [-0.2, -0.15) is 18.2 Å². The van der Waals surface area contributed by atoms with Gasteiger partial charge >= 0.3 is 12.3 Å². The summed E-state index contributed by atoms with van der Waals surface area (Å²) >= 11 is 0. The molecule has 1 atom stereocenters. The Kier molecular flexibility index (Phi) is 6.57. The molecule has 0 bridgehead atoms. The van der Waals surface area contributed by atoms with Crippen molar-refractivity contribution in [2.24, 2.45) is 0 Å². The standard InChI is InChI=1S/C25H25F3N6O2/c1-15(16-6-5-7-17(12-16)25(26,27)28)31-22-29-11-10-21(33-22)34-14-30-19-13-18(8-9-20(19)34)32-23(35)36-24(2,3)4/h5-15H,1-4H3,(H,32,35)(H,29,31,33)/t15-/m0/s1. The van der Waals surface area contributed by atoms with E-state index in [2.05, 4.69) is 25.6 Å². The first kappa shape index (κ1) is 25.0. The first-order valence-electron chi connectivity index (χ1n) is 11.1. The summed E-state index contributed by atoms with van der Waals surface area (Å²) in [5.74, 6) is 0.765. The minimum absolute atomic E-state index is 0.252. The average molecular weight is 499 g/mol. The number of anilines is 2. The van der Waals surface area contributed by atoms with Crippen molar-refractivity contribution in [3.8, 4) is 5.82 Å². The Labute approximate surface area is 205 Å². The van der Waals surface area contributed by atoms with Crippen LogP contribution in [0.25, 0.3) is 16.9 Å². The molecule has 8 nitrogen and oxygen atoms in total. The van der Waals surface area contributed by atoms with Gasteiger partial charge in [0.25, 0.3) is 0 Å². The molecule has 0 spiro atoms. The normalized spacial score (nSPS) is 12.9. The Hall–Kier alpha value is -4.15. The fourth-order valence-electron chi connectivity index (χ4n) is 3.51. The first-order chi connectivity index (χ1) is 16.9. The number of fused-ring (bicyclic) bond motifs is 1. The average Bonchev–Trinajstić information content (AvgIpc) is 3.21. The molecular weight excluding hydrogens is 473 g/mol. The molecule has 1 amide bonds. The summed E-state index contributed by atoms with van der Waals surface area (Å²) in [6.45, 7) is 7.07. The van der Waals surface area contributed by atoms with Crippen molar-refractivity contribution in [1.82, 2.24) is 19.5 Å². The lowest BCUT2D eigenvalue weighted by Gasteiger charge is -2.19. The van der Waals surface area contributed by atoms with E-state index in [-0.39, 0.29) is 5.95 Å². The molecular formula is C25H25F3N6O2. The smallest absolute Gasteiger partial charge is 0.416 e. The lowest BCUT2D eigenvalue weighted by atomic mass is 10.1. The highest BCUT2D eigenvalue weighted by Crippen LogP contribution is 2.31. The van der Waals surface area contributed by atoms with Gasteiger partial charge in [-0.3, -0.25) is 9.88 Å². The van der Waals surface area contributed by atoms with E-state index >= 15 is 0 Å². The van der Waals surface area contributed by atoms with E-state index in [1.807, 2.05) is 0 Å². The molecule has 0 saturated carbocycles. The van der Waals surface area contributed by atoms with Gasteiger partial charge in [-0.05, 0) is 69.7 Å². The highest BCUT2D eigenvalue weighted by Gasteiger charge is 2.30. The number of hydrogen-bond donors (Lipinski definition) is 2. The van der Waals surface area contributed by atoms with Crippen LogP contribution >= 0.6 is 0 Å². The fraction of sp³-hybridized carbons (Fsp3) is 0.280. The van der Waals surface area contributed by atoms with E-state index in [0.717, 1.165) is 17.6 Å². The number of hydrogen-bond acceptors (Lipinski definition) is 6. The molecule has 4 rings (SSSR count). The quantitative estimate of drug-likeness (QED) is 0.333. The lowest BCUT2D eigenvalue weighted by Crippen LogP contribution is -2.27. The zero-order valence-corrected chi connectivity index (χ0v) is 20.1. The summed E-state index contributed by atoms with van der Waals surface area (Å²) in [4.78, 5) is 25.1. The number of ether oxygens (including phenoxy) is 1. The SMILES string of the molecule is C[C@H](Nc1nccc(-n2cnc3cc(NC(=O)OC(C)(C)C)ccc32)n1)c1cccc(C(F)(F)F)c1. The predicted molar refractivity (Wildman–Crippen MR) is 130 cm³/mol. The number of nitrogens with zero attached hydrogens (tertiary/aromatic N) is 4. The van der Waals surface area contributed by atoms with Crippen molar-refractivity contribution in [1.29, 1.82) is 0 Å². The first-order valence-corrected chi connectivity index (χ1v) is 11.1. The maximum absolute atomic E-state index is 13.1. The van der Waals surface area contributed by atoms with Gasteiger partial charge in [-0.15, -0.1) is 0 Å². The molecule has 188 valence electrons. The van der Waals surface area contributed by atoms with Crippen LogP contribution in [0.3, 0.4) is 0 Å². The molecule has 0 aliphatic rings. The molecule has 0 radical (unpaired) electrons. The summed E-state index contributed by atoms with van der Waals surface area (Å²) in [7, 11) is 0. The van der Waals surface area contributed by atoms with E-state index < -0.39 is 29.5 Å². The van der Waals surface area contributed by atoms with Crippen LogP contribution in [0.15, 0.2) is 61.1 Å². The summed E-state index contributed by atoms with van der Waals surface area (Å²) in [5.41, 5.74) is 1.01. The zero-order valence-electron chi connectivity index (χ0n) is 20.1. The topological polar surface area (TPSA) is 94.0 Å². The van der Waals surface area contributed by atoms with Crippen LogP contribution in [0.5, 0.6) is 0 Å². The predicted octanol–water partition coefficient (Wildman–Crippen LogP) is 6.35. The highest BCUT2D eigenvalue weighted by molar-refractivity contribution is 5.89. The number of alkyl halides is 3. The Balaban J connectivity index is 1.53. The Morgan fingerprint density at radius 1 is 1.06 bits per heavy atom. The highest BCUT2D eigenvalue weighted by atomic mass is 19.4. The third-order valence-electron chi connectivity index (χ3n) is 5.14. The number of imidazole rings is 1. The molecule has 0 saturated heterocycles. The Morgan fingerprint density at radius 3 is 2.56 bits per heavy atom. The van der Waals surface area contributed by atoms with Crippen LogP contribution in [0.4, 0.5) is 29.6 Å². The van der Waals surface area contributed by atoms with Gasteiger partial charge in [0.05, 0.1) is 22.6 Å². The van der Waals surface area contributed by atoms with Crippen LogP contribution in [0.1, 0.15) is 44.9 Å². The van der Waals surface area contributed by atoms with Crippen LogP contribution in [0.2, 0.25) is 0 Å². The summed E-state index contributed by atoms with van der Waals surface area (Å²) < 4.78 is 46.2. The summed E-state index contributed by atoms with van der Waals surface area (Å²) in [6, 6.07) is 11.6. The Morgan fingerprint density at radius 2 is 1.83 bits per heavy atom. The van der Waals surface area contributed by atoms with Gasteiger partial charge < -0.3 is 10.1 Å². The van der Waals surface area contributed by atoms with Crippen LogP contribution in [0, 0.1) is 0 Å². The number of amides is 1. The number of aromatic nitrogens is 4. The van der Waals surface area contributed by atoms with Crippen molar-refractivity contribution >= 4 is 28.8 Å². The molecule has 36 heavy (non-hydrogen) atoms. The number of halogens is 3. The van der Waals surface area contributed by atoms with Crippen LogP contribution < -0.4 is 10.6 Å². The fourth-order valence-corrected chi connectivity index (χ4v) is 3.51. The number of rotatable bonds is 5. The van der Waals surface area contributed by atoms with Crippen molar-refractivity contribution in [2.45, 2.75) is 45.5 Å². The number of benzene rings is 2. The van der Waals surface area contributed by atoms with E-state index in [9.17, 15) is 18.0 Å². The van der Waals surface area contributed by atoms with Gasteiger partial charge in [0.1, 0.15) is 17.7 Å². The summed E-state index contributed by atoms with van der Waals surface area (Å²) in [6.07, 6.45) is -1.85. The molecule has 2 aromatic heterocycles. The van der Waals surface area contributed by atoms with Crippen LogP contribution in [-0.4, -0.2) is 31.2 Å². The van der Waals surface area contributed by atoms with Crippen LogP contribution in [-0.2, 0) is 10.9 Å². The van der Waals surface area contributed by atoms with Gasteiger partial charge in [0.15, 0.2) is 0 Å². The molecule has 2 N–H and O–H groups in total. The largest absolute Gasteiger partial charge is 0.444 e. The monoisotopic (exact) mass is 498 g/mol. The number of carbonyl (C=O) groups excluding carboxylic acids is 1. The minimum atomic E-state index is -4.42. The van der Waals surface area contributed by atoms with Gasteiger partial charge in [0, 0.05) is 11.9 Å². The molecule has 0 unspecified atom stereocenters. The van der Waals surface area contributed by atoms with Gasteiger partial charge in [0.2, 0.25) is 5.95 Å². The second kappa shape index (κ2) is 9.48. The van der Waals surface area contributed by atoms with Crippen molar-refractivity contribution < 1.29 is 22.7 Å². The summed E-state index contributed by atoms with van der Waals surface area (Å²) in [5, 5.41) is 5.73. The van der Waals surface area contributed by atoms with Crippen molar-refractivity contribution in [3.63, 3.8) is 0 Å². The third kappa shape index (κ3) is 5.91. The second-order valence-electron chi connectivity index (χ2n) is 9.17. The van der Waals surface area contributed by atoms with Gasteiger partial charge in [-0.1, -0.05) is 12.1 Å². The van der Waals surface area contributed by atoms with E-state index in [1.165, 1.54) is 6.07 Å². The molecule has 4 aromatic rings. The van der Waals surface area contributed by atoms with E-state index in [4.69, 9.17) is 4.74 Å². The maximum Gasteiger partial charge on any atom is 0.416 e. The van der Waals surface area contributed by atoms with E-state index in [0.29, 0.717) is 22.6 Å². The second-order valence-corrected chi connectivity index (χ2v) is 9.17. The molecule has 2 heterocycles. The van der Waals surface area contributed by atoms with E-state index in [1.54, 1.807) is 75.1 Å². The van der Waals surface area contributed by atoms with Crippen molar-refractivity contribution in [3.05, 3.63) is 72.2 Å². The Bertz CT molecular complexity index is 1390. The maximum atomic E-state index is 13.1. The molecule has 2 aromatic carbocycles. The molecule has 11 heteroatoms. The van der Waals surface area contributed by atoms with Gasteiger partial charge in [-0.25, -0.2) is 14.8 Å². The molecule has 0 aliphatic carbocycles. The zero-order chi connectivity index (χ0) is 26.1. The van der Waals surface area contributed by atoms with Crippen molar-refractivity contribution in [2.75, 3.05) is 10.6 Å². The lowest BCUT2D eigenvalue weighted by molar-refractivity contribution is -0.137. The molecule has 0 aliphatic heterocycles. The number of nitrogens with one attached hydrogen (secondary N) is 2. The third-order valence-corrected chi connectivity index (χ3v) is 5.14. The number of carbonyl (C=O) groups is 1. The molecule has 0 fully saturated rings.